The third-order valence-electron chi connectivity index (χ3n) is 3.08. The Labute approximate surface area is 127 Å². The van der Waals surface area contributed by atoms with Crippen molar-refractivity contribution in [2.45, 2.75) is 13.0 Å². The Balaban J connectivity index is 2.21. The molecule has 0 spiro atoms. The molecular formula is C16H15FN2O3. The van der Waals surface area contributed by atoms with Gasteiger partial charge in [0.05, 0.1) is 12.0 Å². The highest BCUT2D eigenvalue weighted by atomic mass is 19.1. The first-order valence-corrected chi connectivity index (χ1v) is 6.72. The van der Waals surface area contributed by atoms with Gasteiger partial charge in [-0.15, -0.1) is 0 Å². The number of nitrogens with zero attached hydrogens (tertiary/aromatic N) is 2. The van der Waals surface area contributed by atoms with Crippen LogP contribution in [-0.2, 0) is 11.3 Å². The molecule has 0 aliphatic heterocycles. The zero-order valence-electron chi connectivity index (χ0n) is 11.8. The first-order chi connectivity index (χ1) is 10.6. The SMILES string of the molecule is O=C(O)CCN(Cc1cccnc1)C(=O)c1ccccc1F. The molecule has 0 aliphatic rings. The highest BCUT2D eigenvalue weighted by Crippen LogP contribution is 2.13. The number of aliphatic carboxylic acids is 1. The number of amides is 1. The molecule has 0 unspecified atom stereocenters. The fourth-order valence-corrected chi connectivity index (χ4v) is 2.00. The number of hydrogen-bond donors (Lipinski definition) is 1. The molecule has 0 fully saturated rings. The summed E-state index contributed by atoms with van der Waals surface area (Å²) in [4.78, 5) is 28.5. The lowest BCUT2D eigenvalue weighted by molar-refractivity contribution is -0.137. The number of carbonyl (C=O) groups excluding carboxylic acids is 1. The van der Waals surface area contributed by atoms with E-state index in [9.17, 15) is 14.0 Å². The van der Waals surface area contributed by atoms with E-state index in [0.717, 1.165) is 5.56 Å². The molecule has 1 amide bonds. The van der Waals surface area contributed by atoms with Crippen molar-refractivity contribution in [3.63, 3.8) is 0 Å². The Morgan fingerprint density at radius 1 is 1.18 bits per heavy atom. The summed E-state index contributed by atoms with van der Waals surface area (Å²) in [7, 11) is 0. The normalized spacial score (nSPS) is 10.2. The van der Waals surface area contributed by atoms with Crippen LogP contribution in [0.5, 0.6) is 0 Å². The van der Waals surface area contributed by atoms with E-state index in [2.05, 4.69) is 4.98 Å². The van der Waals surface area contributed by atoms with Crippen LogP contribution in [0.3, 0.4) is 0 Å². The predicted octanol–water partition coefficient (Wildman–Crippen LogP) is 2.34. The van der Waals surface area contributed by atoms with E-state index in [0.29, 0.717) is 0 Å². The van der Waals surface area contributed by atoms with E-state index in [1.54, 1.807) is 30.6 Å². The summed E-state index contributed by atoms with van der Waals surface area (Å²) in [5.74, 6) is -2.18. The first-order valence-electron chi connectivity index (χ1n) is 6.72. The van der Waals surface area contributed by atoms with Gasteiger partial charge in [0.25, 0.3) is 5.91 Å². The van der Waals surface area contributed by atoms with Crippen LogP contribution in [0.25, 0.3) is 0 Å². The van der Waals surface area contributed by atoms with Gasteiger partial charge >= 0.3 is 5.97 Å². The molecule has 0 bridgehead atoms. The molecule has 0 radical (unpaired) electrons. The van der Waals surface area contributed by atoms with Gasteiger partial charge in [-0.25, -0.2) is 4.39 Å². The molecule has 0 aliphatic carbocycles. The number of benzene rings is 1. The number of carboxylic acid groups (broad SMARTS) is 1. The number of aromatic nitrogens is 1. The lowest BCUT2D eigenvalue weighted by atomic mass is 10.1. The van der Waals surface area contributed by atoms with Gasteiger partial charge in [-0.1, -0.05) is 18.2 Å². The Hall–Kier alpha value is -2.76. The first kappa shape index (κ1) is 15.6. The van der Waals surface area contributed by atoms with Crippen molar-refractivity contribution in [2.24, 2.45) is 0 Å². The topological polar surface area (TPSA) is 70.5 Å². The maximum Gasteiger partial charge on any atom is 0.305 e. The van der Waals surface area contributed by atoms with Crippen LogP contribution in [0.4, 0.5) is 4.39 Å². The van der Waals surface area contributed by atoms with Crippen LogP contribution in [-0.4, -0.2) is 33.4 Å². The molecule has 0 atom stereocenters. The number of carboxylic acids is 1. The summed E-state index contributed by atoms with van der Waals surface area (Å²) >= 11 is 0. The zero-order chi connectivity index (χ0) is 15.9. The van der Waals surface area contributed by atoms with Gasteiger partial charge in [0, 0.05) is 25.5 Å². The molecule has 114 valence electrons. The monoisotopic (exact) mass is 302 g/mol. The summed E-state index contributed by atoms with van der Waals surface area (Å²) in [6.45, 7) is 0.172. The molecule has 2 aromatic rings. The molecule has 1 heterocycles. The maximum atomic E-state index is 13.8. The average Bonchev–Trinajstić information content (AvgIpc) is 2.52. The molecule has 0 saturated heterocycles. The number of halogens is 1. The molecular weight excluding hydrogens is 287 g/mol. The van der Waals surface area contributed by atoms with Crippen LogP contribution < -0.4 is 0 Å². The second-order valence-corrected chi connectivity index (χ2v) is 4.71. The minimum absolute atomic E-state index is 0.00258. The van der Waals surface area contributed by atoms with Gasteiger partial charge < -0.3 is 10.0 Å². The number of hydrogen-bond acceptors (Lipinski definition) is 3. The summed E-state index contributed by atoms with van der Waals surface area (Å²) in [5.41, 5.74) is 0.675. The Kier molecular flexibility index (Phi) is 5.19. The lowest BCUT2D eigenvalue weighted by Crippen LogP contribution is -2.33. The third kappa shape index (κ3) is 4.12. The lowest BCUT2D eigenvalue weighted by Gasteiger charge is -2.22. The minimum Gasteiger partial charge on any atom is -0.481 e. The predicted molar refractivity (Wildman–Crippen MR) is 77.6 cm³/mol. The Morgan fingerprint density at radius 3 is 2.59 bits per heavy atom. The summed E-state index contributed by atoms with van der Waals surface area (Å²) < 4.78 is 13.8. The van der Waals surface area contributed by atoms with Gasteiger partial charge in [0.15, 0.2) is 0 Å². The van der Waals surface area contributed by atoms with E-state index in [4.69, 9.17) is 5.11 Å². The molecule has 0 saturated carbocycles. The van der Waals surface area contributed by atoms with Gasteiger partial charge in [0.1, 0.15) is 5.82 Å². The molecule has 5 nitrogen and oxygen atoms in total. The quantitative estimate of drug-likeness (QED) is 0.889. The van der Waals surface area contributed by atoms with Crippen LogP contribution in [0.15, 0.2) is 48.8 Å². The zero-order valence-corrected chi connectivity index (χ0v) is 11.8. The summed E-state index contributed by atoms with van der Waals surface area (Å²) in [6.07, 6.45) is 2.98. The van der Waals surface area contributed by atoms with Gasteiger partial charge in [-0.3, -0.25) is 14.6 Å². The minimum atomic E-state index is -1.02. The fraction of sp³-hybridized carbons (Fsp3) is 0.188. The molecule has 2 rings (SSSR count). The van der Waals surface area contributed by atoms with Crippen LogP contribution in [0.2, 0.25) is 0 Å². The van der Waals surface area contributed by atoms with E-state index < -0.39 is 17.7 Å². The Bertz CT molecular complexity index is 661. The van der Waals surface area contributed by atoms with Crippen molar-refractivity contribution >= 4 is 11.9 Å². The van der Waals surface area contributed by atoms with Crippen molar-refractivity contribution in [3.05, 3.63) is 65.7 Å². The highest BCUT2D eigenvalue weighted by Gasteiger charge is 2.20. The van der Waals surface area contributed by atoms with Crippen LogP contribution >= 0.6 is 0 Å². The average molecular weight is 302 g/mol. The van der Waals surface area contributed by atoms with Crippen molar-refractivity contribution in [2.75, 3.05) is 6.54 Å². The van der Waals surface area contributed by atoms with Crippen LogP contribution in [0.1, 0.15) is 22.3 Å². The molecule has 1 aromatic heterocycles. The second-order valence-electron chi connectivity index (χ2n) is 4.71. The largest absolute Gasteiger partial charge is 0.481 e. The van der Waals surface area contributed by atoms with Crippen molar-refractivity contribution < 1.29 is 19.1 Å². The van der Waals surface area contributed by atoms with Gasteiger partial charge in [0.2, 0.25) is 0 Å². The molecule has 1 aromatic carbocycles. The number of rotatable bonds is 6. The summed E-state index contributed by atoms with van der Waals surface area (Å²) in [6, 6.07) is 9.14. The standard InChI is InChI=1S/C16H15FN2O3/c17-14-6-2-1-5-13(14)16(22)19(9-7-15(20)21)11-12-4-3-8-18-10-12/h1-6,8,10H,7,9,11H2,(H,20,21). The van der Waals surface area contributed by atoms with Gasteiger partial charge in [-0.05, 0) is 23.8 Å². The molecule has 1 N–H and O–H groups in total. The number of carbonyl (C=O) groups is 2. The third-order valence-corrected chi connectivity index (χ3v) is 3.08. The summed E-state index contributed by atoms with van der Waals surface area (Å²) in [5, 5.41) is 8.81. The molecule has 6 heteroatoms. The van der Waals surface area contributed by atoms with E-state index in [1.807, 2.05) is 0 Å². The smallest absolute Gasteiger partial charge is 0.305 e. The van der Waals surface area contributed by atoms with E-state index >= 15 is 0 Å². The molecule has 22 heavy (non-hydrogen) atoms. The van der Waals surface area contributed by atoms with Crippen molar-refractivity contribution in [3.8, 4) is 0 Å². The number of pyridine rings is 1. The second kappa shape index (κ2) is 7.31. The fourth-order valence-electron chi connectivity index (χ4n) is 2.00. The Morgan fingerprint density at radius 2 is 1.95 bits per heavy atom. The highest BCUT2D eigenvalue weighted by molar-refractivity contribution is 5.94. The van der Waals surface area contributed by atoms with E-state index in [-0.39, 0.29) is 25.1 Å². The maximum absolute atomic E-state index is 13.8. The van der Waals surface area contributed by atoms with E-state index in [1.165, 1.54) is 23.1 Å². The van der Waals surface area contributed by atoms with Gasteiger partial charge in [-0.2, -0.15) is 0 Å². The van der Waals surface area contributed by atoms with Crippen molar-refractivity contribution in [1.82, 2.24) is 9.88 Å². The van der Waals surface area contributed by atoms with Crippen LogP contribution in [0, 0.1) is 5.82 Å². The van der Waals surface area contributed by atoms with Crippen molar-refractivity contribution in [1.29, 1.82) is 0 Å².